The Morgan fingerprint density at radius 2 is 1.07 bits per heavy atom. The first-order valence-corrected chi connectivity index (χ1v) is 15.6. The molecule has 3 nitrogen and oxygen atoms in total. The lowest BCUT2D eigenvalue weighted by molar-refractivity contribution is 0.345. The molecule has 0 fully saturated rings. The molecular weight excluding hydrogens is 528 g/mol. The van der Waals surface area contributed by atoms with Crippen LogP contribution in [0.15, 0.2) is 84.9 Å². The molecule has 0 saturated heterocycles. The minimum atomic E-state index is -0.282. The summed E-state index contributed by atoms with van der Waals surface area (Å²) in [5.74, 6) is 1.51. The maximum atomic E-state index is 11.6. The van der Waals surface area contributed by atoms with E-state index in [4.69, 9.17) is 4.74 Å². The highest BCUT2D eigenvalue weighted by Crippen LogP contribution is 2.47. The lowest BCUT2D eigenvalue weighted by Gasteiger charge is -2.35. The third kappa shape index (κ3) is 7.09. The summed E-state index contributed by atoms with van der Waals surface area (Å²) in [4.78, 5) is 0. The fraction of sp³-hybridized carbons (Fsp3) is 0.400. The average Bonchev–Trinajstić information content (AvgIpc) is 2.99. The summed E-state index contributed by atoms with van der Waals surface area (Å²) in [7, 11) is 1.68. The molecule has 0 aromatic heterocycles. The molecule has 0 heterocycles. The molecule has 4 aromatic rings. The van der Waals surface area contributed by atoms with Gasteiger partial charge in [-0.3, -0.25) is 0 Å². The highest BCUT2D eigenvalue weighted by Gasteiger charge is 2.34. The first-order valence-electron chi connectivity index (χ1n) is 15.6. The summed E-state index contributed by atoms with van der Waals surface area (Å²) < 4.78 is 5.41. The van der Waals surface area contributed by atoms with Gasteiger partial charge in [0.2, 0.25) is 0 Å². The Morgan fingerprint density at radius 3 is 1.49 bits per heavy atom. The van der Waals surface area contributed by atoms with Gasteiger partial charge in [0.25, 0.3) is 0 Å². The Bertz CT molecular complexity index is 1470. The number of methoxy groups -OCH3 is 1. The average molecular weight is 581 g/mol. The van der Waals surface area contributed by atoms with Gasteiger partial charge in [-0.2, -0.15) is 0 Å². The van der Waals surface area contributed by atoms with Gasteiger partial charge < -0.3 is 14.9 Å². The summed E-state index contributed by atoms with van der Waals surface area (Å²) >= 11 is 0. The van der Waals surface area contributed by atoms with Crippen LogP contribution in [0.25, 0.3) is 0 Å². The van der Waals surface area contributed by atoms with Crippen molar-refractivity contribution in [1.82, 2.24) is 0 Å². The summed E-state index contributed by atoms with van der Waals surface area (Å²) in [6.07, 6.45) is 0.752. The number of hydrogen-bond donors (Lipinski definition) is 2. The second-order valence-electron chi connectivity index (χ2n) is 13.4. The number of benzene rings is 4. The zero-order valence-corrected chi connectivity index (χ0v) is 28.2. The minimum absolute atomic E-state index is 0.00272. The van der Waals surface area contributed by atoms with Crippen molar-refractivity contribution >= 4 is 0 Å². The van der Waals surface area contributed by atoms with E-state index in [0.29, 0.717) is 5.75 Å². The largest absolute Gasteiger partial charge is 0.508 e. The molecule has 0 aliphatic rings. The summed E-state index contributed by atoms with van der Waals surface area (Å²) in [6.45, 7) is 21.8. The van der Waals surface area contributed by atoms with Gasteiger partial charge in [-0.05, 0) is 69.5 Å². The Balaban J connectivity index is 0.00000248. The Morgan fingerprint density at radius 1 is 0.628 bits per heavy atom. The van der Waals surface area contributed by atoms with Gasteiger partial charge in [-0.1, -0.05) is 130 Å². The quantitative estimate of drug-likeness (QED) is 0.218. The molecule has 0 bridgehead atoms. The number of rotatable bonds is 8. The van der Waals surface area contributed by atoms with E-state index in [1.54, 1.807) is 19.2 Å². The van der Waals surface area contributed by atoms with Crippen LogP contribution < -0.4 is 4.74 Å². The topological polar surface area (TPSA) is 49.7 Å². The molecule has 230 valence electrons. The molecule has 3 heteroatoms. The van der Waals surface area contributed by atoms with E-state index < -0.39 is 0 Å². The van der Waals surface area contributed by atoms with Crippen LogP contribution in [0.2, 0.25) is 0 Å². The lowest BCUT2D eigenvalue weighted by Crippen LogP contribution is -2.24. The normalized spacial score (nSPS) is 12.7. The van der Waals surface area contributed by atoms with Crippen LogP contribution in [0.4, 0.5) is 0 Å². The molecule has 0 spiro atoms. The van der Waals surface area contributed by atoms with E-state index in [0.717, 1.165) is 34.4 Å². The third-order valence-electron chi connectivity index (χ3n) is 8.86. The number of hydrogen-bond acceptors (Lipinski definition) is 3. The first-order chi connectivity index (χ1) is 20.2. The van der Waals surface area contributed by atoms with E-state index in [-0.39, 0.29) is 27.9 Å². The molecular formula is C40H52O3. The number of aryl methyl sites for hydroxylation is 1. The van der Waals surface area contributed by atoms with E-state index in [2.05, 4.69) is 104 Å². The van der Waals surface area contributed by atoms with Crippen LogP contribution in [0.3, 0.4) is 0 Å². The predicted octanol–water partition coefficient (Wildman–Crippen LogP) is 10.5. The van der Waals surface area contributed by atoms with Crippen LogP contribution in [-0.4, -0.2) is 17.3 Å². The van der Waals surface area contributed by atoms with Crippen molar-refractivity contribution in [2.75, 3.05) is 7.11 Å². The van der Waals surface area contributed by atoms with Crippen molar-refractivity contribution in [3.8, 4) is 17.2 Å². The van der Waals surface area contributed by atoms with Gasteiger partial charge in [0.05, 0.1) is 7.11 Å². The van der Waals surface area contributed by atoms with Crippen molar-refractivity contribution in [3.05, 3.63) is 124 Å². The lowest BCUT2D eigenvalue weighted by atomic mass is 9.69. The van der Waals surface area contributed by atoms with Crippen molar-refractivity contribution < 1.29 is 14.9 Å². The zero-order chi connectivity index (χ0) is 32.2. The van der Waals surface area contributed by atoms with Gasteiger partial charge >= 0.3 is 0 Å². The highest BCUT2D eigenvalue weighted by atomic mass is 16.5. The second-order valence-corrected chi connectivity index (χ2v) is 13.4. The molecule has 4 aromatic carbocycles. The summed E-state index contributed by atoms with van der Waals surface area (Å²) in [5.41, 5.74) is 7.28. The molecule has 2 N–H and O–H groups in total. The molecule has 4 rings (SSSR count). The molecule has 0 aliphatic carbocycles. The van der Waals surface area contributed by atoms with E-state index in [1.807, 2.05) is 38.1 Å². The van der Waals surface area contributed by atoms with E-state index >= 15 is 0 Å². The third-order valence-corrected chi connectivity index (χ3v) is 8.86. The molecule has 0 amide bonds. The summed E-state index contributed by atoms with van der Waals surface area (Å²) in [6, 6.07) is 29.0. The molecule has 0 aliphatic heterocycles. The van der Waals surface area contributed by atoms with Gasteiger partial charge in [-0.15, -0.1) is 0 Å². The summed E-state index contributed by atoms with van der Waals surface area (Å²) in [5, 5.41) is 21.3. The monoisotopic (exact) mass is 580 g/mol. The van der Waals surface area contributed by atoms with E-state index in [9.17, 15) is 10.2 Å². The van der Waals surface area contributed by atoms with Crippen LogP contribution in [0.1, 0.15) is 114 Å². The van der Waals surface area contributed by atoms with Crippen molar-refractivity contribution in [1.29, 1.82) is 0 Å². The minimum Gasteiger partial charge on any atom is -0.508 e. The van der Waals surface area contributed by atoms with Gasteiger partial charge in [0, 0.05) is 22.3 Å². The van der Waals surface area contributed by atoms with Crippen molar-refractivity contribution in [3.63, 3.8) is 0 Å². The molecule has 0 saturated carbocycles. The second kappa shape index (κ2) is 13.3. The van der Waals surface area contributed by atoms with Gasteiger partial charge in [0.15, 0.2) is 0 Å². The number of aromatic hydroxyl groups is 2. The Kier molecular flexibility index (Phi) is 10.4. The number of phenolic OH excluding ortho intramolecular Hbond substituents is 2. The maximum absolute atomic E-state index is 11.6. The Hall–Kier alpha value is -3.72. The van der Waals surface area contributed by atoms with Gasteiger partial charge in [0.1, 0.15) is 17.2 Å². The fourth-order valence-corrected chi connectivity index (χ4v) is 6.03. The number of ether oxygens (including phenoxy) is 1. The molecule has 43 heavy (non-hydrogen) atoms. The van der Waals surface area contributed by atoms with E-state index in [1.165, 1.54) is 16.7 Å². The highest BCUT2D eigenvalue weighted by molar-refractivity contribution is 5.54. The Labute approximate surface area is 260 Å². The molecule has 1 unspecified atom stereocenters. The SMILES string of the molecule is CC.CCc1cc(C(C)(C)c2ccc(C(C)(C)c3ccc(O)cc3)cc2)cc(C(c2ccc(OC)cc2)C(C)(C)C)c1O. The smallest absolute Gasteiger partial charge is 0.122 e. The predicted molar refractivity (Wildman–Crippen MR) is 182 cm³/mol. The van der Waals surface area contributed by atoms with Gasteiger partial charge in [-0.25, -0.2) is 0 Å². The zero-order valence-electron chi connectivity index (χ0n) is 28.2. The standard InChI is InChI=1S/C38H46O3.C2H6/c1-10-25-23-30(24-33(35(25)40)34(36(2,3)4)26-11-21-32(41-9)22-12-26)38(7,8)28-15-13-27(14-16-28)37(5,6)29-17-19-31(39)20-18-29;1-2/h11-24,34,39-40H,10H2,1-9H3;1-2H3. The van der Waals surface area contributed by atoms with Crippen molar-refractivity contribution in [2.24, 2.45) is 5.41 Å². The molecule has 0 radical (unpaired) electrons. The fourth-order valence-electron chi connectivity index (χ4n) is 6.03. The van der Waals surface area contributed by atoms with Crippen LogP contribution in [0, 0.1) is 5.41 Å². The molecule has 1 atom stereocenters. The number of phenols is 2. The van der Waals surface area contributed by atoms with Crippen LogP contribution in [-0.2, 0) is 17.3 Å². The van der Waals surface area contributed by atoms with Crippen LogP contribution >= 0.6 is 0 Å². The first kappa shape index (κ1) is 33.8. The van der Waals surface area contributed by atoms with Crippen LogP contribution in [0.5, 0.6) is 17.2 Å². The van der Waals surface area contributed by atoms with Crippen molar-refractivity contribution in [2.45, 2.75) is 92.4 Å². The maximum Gasteiger partial charge on any atom is 0.122 e.